The molecule has 0 bridgehead atoms. The van der Waals surface area contributed by atoms with Gasteiger partial charge in [-0.2, -0.15) is 0 Å². The number of hydrogen-bond donors (Lipinski definition) is 0. The summed E-state index contributed by atoms with van der Waals surface area (Å²) in [7, 11) is 0. The molecule has 1 unspecified atom stereocenters. The second kappa shape index (κ2) is 5.61. The zero-order valence-corrected chi connectivity index (χ0v) is 9.86. The number of Topliss-reactive ketones (excluding diaryl/α,β-unsaturated/α-hetero) is 1. The van der Waals surface area contributed by atoms with Crippen LogP contribution in [0.5, 0.6) is 0 Å². The van der Waals surface area contributed by atoms with E-state index in [0.29, 0.717) is 19.3 Å². The molecule has 0 radical (unpaired) electrons. The molecule has 0 amide bonds. The minimum absolute atomic E-state index is 0.0495. The van der Waals surface area contributed by atoms with Gasteiger partial charge in [-0.15, -0.1) is 0 Å². The van der Waals surface area contributed by atoms with Crippen LogP contribution in [0, 0.1) is 5.41 Å². The first kappa shape index (κ1) is 13.4. The SMILES string of the molecule is C=CCOC(=O)C1(COC(C)=O)CCCC1=O. The van der Waals surface area contributed by atoms with Crippen molar-refractivity contribution < 1.29 is 23.9 Å². The van der Waals surface area contributed by atoms with Gasteiger partial charge >= 0.3 is 11.9 Å². The van der Waals surface area contributed by atoms with Gasteiger partial charge in [-0.3, -0.25) is 14.4 Å². The Morgan fingerprint density at radius 1 is 1.47 bits per heavy atom. The largest absolute Gasteiger partial charge is 0.464 e. The van der Waals surface area contributed by atoms with Crippen LogP contribution in [0.2, 0.25) is 0 Å². The van der Waals surface area contributed by atoms with Gasteiger partial charge in [0.15, 0.2) is 11.2 Å². The molecule has 5 nitrogen and oxygen atoms in total. The minimum atomic E-state index is -1.30. The molecule has 94 valence electrons. The Kier molecular flexibility index (Phi) is 4.43. The molecule has 0 aromatic heterocycles. The number of ether oxygens (including phenoxy) is 2. The molecule has 1 rings (SSSR count). The third-order valence-corrected chi connectivity index (χ3v) is 2.79. The van der Waals surface area contributed by atoms with Crippen molar-refractivity contribution in [2.45, 2.75) is 26.2 Å². The molecule has 0 aliphatic heterocycles. The van der Waals surface area contributed by atoms with Crippen LogP contribution in [0.25, 0.3) is 0 Å². The average Bonchev–Trinajstić information content (AvgIpc) is 2.66. The lowest BCUT2D eigenvalue weighted by atomic mass is 9.86. The minimum Gasteiger partial charge on any atom is -0.464 e. The summed E-state index contributed by atoms with van der Waals surface area (Å²) in [6.07, 6.45) is 2.74. The maximum atomic E-state index is 11.9. The van der Waals surface area contributed by atoms with Gasteiger partial charge in [0.25, 0.3) is 0 Å². The first-order chi connectivity index (χ1) is 8.03. The van der Waals surface area contributed by atoms with E-state index in [1.54, 1.807) is 0 Å². The Morgan fingerprint density at radius 3 is 2.65 bits per heavy atom. The highest BCUT2D eigenvalue weighted by molar-refractivity contribution is 6.05. The molecular weight excluding hydrogens is 224 g/mol. The number of esters is 2. The van der Waals surface area contributed by atoms with Gasteiger partial charge in [0.1, 0.15) is 13.2 Å². The van der Waals surface area contributed by atoms with E-state index in [4.69, 9.17) is 9.47 Å². The Hall–Kier alpha value is -1.65. The molecule has 1 fully saturated rings. The van der Waals surface area contributed by atoms with E-state index in [1.807, 2.05) is 0 Å². The molecule has 0 heterocycles. The second-order valence-corrected chi connectivity index (χ2v) is 4.03. The van der Waals surface area contributed by atoms with E-state index in [-0.39, 0.29) is 19.0 Å². The van der Waals surface area contributed by atoms with Crippen LogP contribution in [-0.4, -0.2) is 30.9 Å². The molecule has 17 heavy (non-hydrogen) atoms. The number of carbonyl (C=O) groups is 3. The summed E-state index contributed by atoms with van der Waals surface area (Å²) in [4.78, 5) is 34.4. The smallest absolute Gasteiger partial charge is 0.323 e. The fourth-order valence-electron chi connectivity index (χ4n) is 1.85. The van der Waals surface area contributed by atoms with Gasteiger partial charge in [-0.05, 0) is 12.8 Å². The van der Waals surface area contributed by atoms with Crippen LogP contribution in [-0.2, 0) is 23.9 Å². The Balaban J connectivity index is 2.78. The molecule has 0 spiro atoms. The van der Waals surface area contributed by atoms with Crippen LogP contribution >= 0.6 is 0 Å². The quantitative estimate of drug-likeness (QED) is 0.407. The number of carbonyl (C=O) groups excluding carboxylic acids is 3. The van der Waals surface area contributed by atoms with E-state index in [2.05, 4.69) is 6.58 Å². The van der Waals surface area contributed by atoms with Gasteiger partial charge in [-0.25, -0.2) is 0 Å². The molecule has 0 aromatic carbocycles. The molecule has 1 aliphatic carbocycles. The maximum absolute atomic E-state index is 11.9. The lowest BCUT2D eigenvalue weighted by Gasteiger charge is -2.23. The van der Waals surface area contributed by atoms with E-state index in [9.17, 15) is 14.4 Å². The summed E-state index contributed by atoms with van der Waals surface area (Å²) in [5.41, 5.74) is -1.30. The van der Waals surface area contributed by atoms with Crippen LogP contribution in [0.1, 0.15) is 26.2 Å². The van der Waals surface area contributed by atoms with Crippen molar-refractivity contribution in [3.63, 3.8) is 0 Å². The molecule has 1 atom stereocenters. The summed E-state index contributed by atoms with van der Waals surface area (Å²) in [5.74, 6) is -1.35. The zero-order chi connectivity index (χ0) is 12.9. The molecule has 0 aromatic rings. The molecular formula is C12H16O5. The lowest BCUT2D eigenvalue weighted by molar-refractivity contribution is -0.164. The van der Waals surface area contributed by atoms with E-state index >= 15 is 0 Å². The van der Waals surface area contributed by atoms with Crippen molar-refractivity contribution in [2.24, 2.45) is 5.41 Å². The normalized spacial score (nSPS) is 23.2. The van der Waals surface area contributed by atoms with Crippen molar-refractivity contribution in [1.29, 1.82) is 0 Å². The first-order valence-corrected chi connectivity index (χ1v) is 5.48. The third kappa shape index (κ3) is 2.93. The monoisotopic (exact) mass is 240 g/mol. The summed E-state index contributed by atoms with van der Waals surface area (Å²) >= 11 is 0. The lowest BCUT2D eigenvalue weighted by Crippen LogP contribution is -2.41. The summed E-state index contributed by atoms with van der Waals surface area (Å²) in [5, 5.41) is 0. The number of rotatable bonds is 5. The van der Waals surface area contributed by atoms with Gasteiger partial charge in [0, 0.05) is 13.3 Å². The number of hydrogen-bond acceptors (Lipinski definition) is 5. The molecule has 0 saturated heterocycles. The van der Waals surface area contributed by atoms with Crippen LogP contribution in [0.4, 0.5) is 0 Å². The second-order valence-electron chi connectivity index (χ2n) is 4.03. The van der Waals surface area contributed by atoms with E-state index < -0.39 is 17.4 Å². The molecule has 1 aliphatic rings. The first-order valence-electron chi connectivity index (χ1n) is 5.48. The van der Waals surface area contributed by atoms with Crippen molar-refractivity contribution >= 4 is 17.7 Å². The van der Waals surface area contributed by atoms with Gasteiger partial charge in [-0.1, -0.05) is 12.7 Å². The van der Waals surface area contributed by atoms with Crippen molar-refractivity contribution in [1.82, 2.24) is 0 Å². The van der Waals surface area contributed by atoms with E-state index in [1.165, 1.54) is 13.0 Å². The van der Waals surface area contributed by atoms with Crippen LogP contribution in [0.15, 0.2) is 12.7 Å². The van der Waals surface area contributed by atoms with E-state index in [0.717, 1.165) is 0 Å². The van der Waals surface area contributed by atoms with Crippen LogP contribution < -0.4 is 0 Å². The third-order valence-electron chi connectivity index (χ3n) is 2.79. The molecule has 0 N–H and O–H groups in total. The fraction of sp³-hybridized carbons (Fsp3) is 0.583. The van der Waals surface area contributed by atoms with Crippen molar-refractivity contribution in [3.8, 4) is 0 Å². The summed E-state index contributed by atoms with van der Waals surface area (Å²) in [6.45, 7) is 4.49. The topological polar surface area (TPSA) is 69.7 Å². The standard InChI is InChI=1S/C12H16O5/c1-3-7-16-11(15)12(8-17-9(2)13)6-4-5-10(12)14/h3H,1,4-8H2,2H3. The van der Waals surface area contributed by atoms with Gasteiger partial charge < -0.3 is 9.47 Å². The Morgan fingerprint density at radius 2 is 2.18 bits per heavy atom. The predicted octanol–water partition coefficient (Wildman–Crippen LogP) is 1.02. The highest BCUT2D eigenvalue weighted by Gasteiger charge is 2.51. The average molecular weight is 240 g/mol. The predicted molar refractivity (Wildman–Crippen MR) is 59.1 cm³/mol. The fourth-order valence-corrected chi connectivity index (χ4v) is 1.85. The summed E-state index contributed by atoms with van der Waals surface area (Å²) in [6, 6.07) is 0. The van der Waals surface area contributed by atoms with Crippen molar-refractivity contribution in [2.75, 3.05) is 13.2 Å². The van der Waals surface area contributed by atoms with Gasteiger partial charge in [0.2, 0.25) is 0 Å². The number of ketones is 1. The van der Waals surface area contributed by atoms with Gasteiger partial charge in [0.05, 0.1) is 0 Å². The zero-order valence-electron chi connectivity index (χ0n) is 9.86. The highest BCUT2D eigenvalue weighted by atomic mass is 16.6. The van der Waals surface area contributed by atoms with Crippen molar-refractivity contribution in [3.05, 3.63) is 12.7 Å². The molecule has 1 saturated carbocycles. The Labute approximate surface area is 99.8 Å². The highest BCUT2D eigenvalue weighted by Crippen LogP contribution is 2.36. The Bertz CT molecular complexity index is 347. The van der Waals surface area contributed by atoms with Crippen LogP contribution in [0.3, 0.4) is 0 Å². The molecule has 5 heteroatoms. The summed E-state index contributed by atoms with van der Waals surface area (Å²) < 4.78 is 9.73. The maximum Gasteiger partial charge on any atom is 0.323 e.